The van der Waals surface area contributed by atoms with Gasteiger partial charge in [-0.1, -0.05) is 6.42 Å². The van der Waals surface area contributed by atoms with Crippen LogP contribution < -0.4 is 5.56 Å². The van der Waals surface area contributed by atoms with E-state index in [1.165, 1.54) is 0 Å². The molecule has 0 fully saturated rings. The molecule has 0 radical (unpaired) electrons. The molecule has 1 heterocycles. The van der Waals surface area contributed by atoms with Crippen LogP contribution in [0.4, 0.5) is 0 Å². The summed E-state index contributed by atoms with van der Waals surface area (Å²) >= 11 is 6.59. The predicted molar refractivity (Wildman–Crippen MR) is 81.2 cm³/mol. The van der Waals surface area contributed by atoms with Crippen molar-refractivity contribution in [1.29, 1.82) is 0 Å². The van der Waals surface area contributed by atoms with E-state index in [9.17, 15) is 9.59 Å². The average Bonchev–Trinajstić information content (AvgIpc) is 2.34. The van der Waals surface area contributed by atoms with Crippen molar-refractivity contribution in [3.05, 3.63) is 31.6 Å². The topological polar surface area (TPSA) is 48.3 Å². The normalized spacial score (nSPS) is 10.5. The second kappa shape index (κ2) is 8.53. The number of aryl methyl sites for hydroxylation is 1. The molecule has 1 aromatic rings. The van der Waals surface area contributed by atoms with E-state index in [1.54, 1.807) is 23.8 Å². The zero-order valence-corrected chi connectivity index (χ0v) is 14.0. The van der Waals surface area contributed by atoms with Crippen LogP contribution in [0.3, 0.4) is 0 Å². The molecule has 0 atom stereocenters. The Morgan fingerprint density at radius 1 is 1.32 bits per heavy atom. The summed E-state index contributed by atoms with van der Waals surface area (Å²) in [5.74, 6) is -0.148. The highest BCUT2D eigenvalue weighted by Crippen LogP contribution is 2.13. The third kappa shape index (κ3) is 5.91. The van der Waals surface area contributed by atoms with E-state index in [4.69, 9.17) is 4.74 Å². The minimum Gasteiger partial charge on any atom is -0.466 e. The van der Waals surface area contributed by atoms with Crippen molar-refractivity contribution >= 4 is 37.8 Å². The average molecular weight is 395 g/mol. The highest BCUT2D eigenvalue weighted by Gasteiger charge is 2.04. The van der Waals surface area contributed by atoms with E-state index in [-0.39, 0.29) is 11.5 Å². The van der Waals surface area contributed by atoms with Gasteiger partial charge in [0.05, 0.1) is 11.1 Å². The number of aromatic nitrogens is 1. The lowest BCUT2D eigenvalue weighted by molar-refractivity contribution is -0.143. The van der Waals surface area contributed by atoms with Gasteiger partial charge in [0.15, 0.2) is 0 Å². The Morgan fingerprint density at radius 2 is 2.05 bits per heavy atom. The van der Waals surface area contributed by atoms with Gasteiger partial charge in [-0.25, -0.2) is 0 Å². The van der Waals surface area contributed by atoms with Gasteiger partial charge < -0.3 is 9.30 Å². The molecular formula is C13H17Br2NO3. The molecule has 6 heteroatoms. The van der Waals surface area contributed by atoms with Crippen LogP contribution in [0.2, 0.25) is 0 Å². The number of esters is 1. The Hall–Kier alpha value is -0.620. The monoisotopic (exact) mass is 393 g/mol. The van der Waals surface area contributed by atoms with Crippen LogP contribution in [0.5, 0.6) is 0 Å². The minimum absolute atomic E-state index is 0.0337. The smallest absolute Gasteiger partial charge is 0.305 e. The summed E-state index contributed by atoms with van der Waals surface area (Å²) in [7, 11) is 0. The second-order valence-electron chi connectivity index (χ2n) is 4.12. The quantitative estimate of drug-likeness (QED) is 0.525. The molecule has 0 N–H and O–H groups in total. The number of carbonyl (C=O) groups excluding carboxylic acids is 1. The highest BCUT2D eigenvalue weighted by atomic mass is 79.9. The Labute approximate surface area is 129 Å². The summed E-state index contributed by atoms with van der Waals surface area (Å²) in [6, 6.07) is 1.74. The van der Waals surface area contributed by atoms with Crippen LogP contribution in [0.25, 0.3) is 0 Å². The van der Waals surface area contributed by atoms with Crippen LogP contribution in [-0.4, -0.2) is 17.1 Å². The largest absolute Gasteiger partial charge is 0.466 e. The lowest BCUT2D eigenvalue weighted by Gasteiger charge is -2.07. The van der Waals surface area contributed by atoms with E-state index in [0.29, 0.717) is 24.0 Å². The van der Waals surface area contributed by atoms with Gasteiger partial charge in [-0.15, -0.1) is 0 Å². The molecule has 0 unspecified atom stereocenters. The van der Waals surface area contributed by atoms with Gasteiger partial charge in [0, 0.05) is 23.6 Å². The molecule has 0 bridgehead atoms. The SMILES string of the molecule is CCOC(=O)CCCCCn1cc(Br)cc(Br)c1=O. The number of ether oxygens (including phenoxy) is 1. The molecule has 0 spiro atoms. The standard InChI is InChI=1S/C13H17Br2NO3/c1-2-19-12(17)6-4-3-5-7-16-9-10(14)8-11(15)13(16)18/h8-9H,2-7H2,1H3. The second-order valence-corrected chi connectivity index (χ2v) is 5.89. The van der Waals surface area contributed by atoms with E-state index in [0.717, 1.165) is 23.7 Å². The van der Waals surface area contributed by atoms with Crippen molar-refractivity contribution < 1.29 is 9.53 Å². The van der Waals surface area contributed by atoms with E-state index in [2.05, 4.69) is 31.9 Å². The molecule has 0 aliphatic rings. The molecule has 0 aromatic carbocycles. The van der Waals surface area contributed by atoms with Crippen molar-refractivity contribution in [2.45, 2.75) is 39.2 Å². The lowest BCUT2D eigenvalue weighted by atomic mass is 10.2. The van der Waals surface area contributed by atoms with E-state index < -0.39 is 0 Å². The Balaban J connectivity index is 2.34. The molecule has 4 nitrogen and oxygen atoms in total. The van der Waals surface area contributed by atoms with Crippen molar-refractivity contribution in [3.8, 4) is 0 Å². The third-order valence-electron chi connectivity index (χ3n) is 2.59. The predicted octanol–water partition coefficient (Wildman–Crippen LogP) is 3.50. The van der Waals surface area contributed by atoms with Gasteiger partial charge in [-0.3, -0.25) is 9.59 Å². The lowest BCUT2D eigenvalue weighted by Crippen LogP contribution is -2.20. The number of hydrogen-bond acceptors (Lipinski definition) is 3. The molecule has 106 valence electrons. The molecule has 0 amide bonds. The van der Waals surface area contributed by atoms with Gasteiger partial charge in [0.1, 0.15) is 0 Å². The maximum atomic E-state index is 11.8. The zero-order valence-electron chi connectivity index (χ0n) is 10.8. The molecule has 19 heavy (non-hydrogen) atoms. The van der Waals surface area contributed by atoms with Crippen LogP contribution in [-0.2, 0) is 16.1 Å². The molecular weight excluding hydrogens is 378 g/mol. The first-order valence-electron chi connectivity index (χ1n) is 6.25. The number of carbonyl (C=O) groups is 1. The summed E-state index contributed by atoms with van der Waals surface area (Å²) < 4.78 is 7.93. The van der Waals surface area contributed by atoms with Gasteiger partial charge in [0.2, 0.25) is 0 Å². The van der Waals surface area contributed by atoms with Gasteiger partial charge in [-0.05, 0) is 57.7 Å². The van der Waals surface area contributed by atoms with Gasteiger partial charge in [-0.2, -0.15) is 0 Å². The fourth-order valence-electron chi connectivity index (χ4n) is 1.69. The summed E-state index contributed by atoms with van der Waals surface area (Å²) in [5.41, 5.74) is -0.0337. The molecule has 1 aromatic heterocycles. The molecule has 1 rings (SSSR count). The first-order chi connectivity index (χ1) is 9.04. The van der Waals surface area contributed by atoms with Crippen LogP contribution in [0, 0.1) is 0 Å². The number of hydrogen-bond donors (Lipinski definition) is 0. The van der Waals surface area contributed by atoms with E-state index in [1.807, 2.05) is 0 Å². The van der Waals surface area contributed by atoms with Crippen molar-refractivity contribution in [3.63, 3.8) is 0 Å². The van der Waals surface area contributed by atoms with Crippen molar-refractivity contribution in [1.82, 2.24) is 4.57 Å². The number of unbranched alkanes of at least 4 members (excludes halogenated alkanes) is 2. The Bertz CT molecular complexity index is 485. The Morgan fingerprint density at radius 3 is 2.74 bits per heavy atom. The van der Waals surface area contributed by atoms with Crippen LogP contribution in [0.1, 0.15) is 32.6 Å². The molecule has 0 saturated heterocycles. The third-order valence-corrected chi connectivity index (χ3v) is 3.60. The summed E-state index contributed by atoms with van der Waals surface area (Å²) in [5, 5.41) is 0. The molecule has 0 saturated carbocycles. The maximum absolute atomic E-state index is 11.8. The number of halogens is 2. The van der Waals surface area contributed by atoms with Crippen molar-refractivity contribution in [2.24, 2.45) is 0 Å². The summed E-state index contributed by atoms with van der Waals surface area (Å²) in [6.45, 7) is 2.88. The fourth-order valence-corrected chi connectivity index (χ4v) is 2.95. The zero-order chi connectivity index (χ0) is 14.3. The molecule has 0 aliphatic heterocycles. The summed E-state index contributed by atoms with van der Waals surface area (Å²) in [6.07, 6.45) is 4.78. The maximum Gasteiger partial charge on any atom is 0.305 e. The van der Waals surface area contributed by atoms with Gasteiger partial charge >= 0.3 is 5.97 Å². The first-order valence-corrected chi connectivity index (χ1v) is 7.84. The Kier molecular flexibility index (Phi) is 7.38. The van der Waals surface area contributed by atoms with Crippen LogP contribution in [0.15, 0.2) is 26.0 Å². The number of rotatable bonds is 7. The minimum atomic E-state index is -0.148. The van der Waals surface area contributed by atoms with Gasteiger partial charge in [0.25, 0.3) is 5.56 Å². The number of nitrogens with zero attached hydrogens (tertiary/aromatic N) is 1. The fraction of sp³-hybridized carbons (Fsp3) is 0.538. The highest BCUT2D eigenvalue weighted by molar-refractivity contribution is 9.11. The van der Waals surface area contributed by atoms with E-state index >= 15 is 0 Å². The first kappa shape index (κ1) is 16.4. The summed E-state index contributed by atoms with van der Waals surface area (Å²) in [4.78, 5) is 22.9. The molecule has 0 aliphatic carbocycles. The number of pyridine rings is 1. The van der Waals surface area contributed by atoms with Crippen molar-refractivity contribution in [2.75, 3.05) is 6.61 Å². The van der Waals surface area contributed by atoms with Crippen LogP contribution >= 0.6 is 31.9 Å².